The number of nitrogens with one attached hydrogen (secondary N) is 1. The van der Waals surface area contributed by atoms with Gasteiger partial charge in [0.1, 0.15) is 5.75 Å². The molecule has 0 radical (unpaired) electrons. The van der Waals surface area contributed by atoms with Crippen molar-refractivity contribution in [3.63, 3.8) is 0 Å². The van der Waals surface area contributed by atoms with Gasteiger partial charge in [0.15, 0.2) is 4.80 Å². The highest BCUT2D eigenvalue weighted by Gasteiger charge is 2.22. The Morgan fingerprint density at radius 3 is 2.94 bits per heavy atom. The van der Waals surface area contributed by atoms with Gasteiger partial charge in [-0.05, 0) is 37.5 Å². The third-order valence-corrected chi connectivity index (χ3v) is 4.57. The Labute approximate surface area is 110 Å². The van der Waals surface area contributed by atoms with Gasteiger partial charge in [-0.25, -0.2) is 0 Å². The highest BCUT2D eigenvalue weighted by atomic mass is 32.1. The van der Waals surface area contributed by atoms with Gasteiger partial charge in [0, 0.05) is 17.0 Å². The van der Waals surface area contributed by atoms with E-state index in [1.54, 1.807) is 18.4 Å². The second-order valence-corrected chi connectivity index (χ2v) is 5.53. The van der Waals surface area contributed by atoms with Gasteiger partial charge in [-0.1, -0.05) is 6.07 Å². The third kappa shape index (κ3) is 1.60. The summed E-state index contributed by atoms with van der Waals surface area (Å²) in [5.74, 6) is 0.891. The first-order chi connectivity index (χ1) is 8.74. The van der Waals surface area contributed by atoms with Gasteiger partial charge in [0.2, 0.25) is 0 Å². The third-order valence-electron chi connectivity index (χ3n) is 3.51. The number of hydrogen-bond donors (Lipinski definition) is 1. The molecule has 0 saturated heterocycles. The molecule has 1 heterocycles. The lowest BCUT2D eigenvalue weighted by Crippen LogP contribution is -2.14. The number of nitrogens with zero attached hydrogens (tertiary/aromatic N) is 1. The summed E-state index contributed by atoms with van der Waals surface area (Å²) in [6.45, 7) is 2.95. The summed E-state index contributed by atoms with van der Waals surface area (Å²) in [5, 5.41) is 8.06. The van der Waals surface area contributed by atoms with E-state index in [1.807, 2.05) is 6.07 Å². The van der Waals surface area contributed by atoms with Crippen molar-refractivity contribution in [2.24, 2.45) is 0 Å². The molecule has 0 saturated carbocycles. The van der Waals surface area contributed by atoms with Crippen LogP contribution in [0.2, 0.25) is 0 Å². The zero-order valence-corrected chi connectivity index (χ0v) is 11.4. The Morgan fingerprint density at radius 1 is 1.39 bits per heavy atom. The summed E-state index contributed by atoms with van der Waals surface area (Å²) in [4.78, 5) is 1.99. The normalized spacial score (nSPS) is 13.0. The average Bonchev–Trinajstić information content (AvgIpc) is 2.73. The number of methoxy groups -OCH3 is 1. The van der Waals surface area contributed by atoms with E-state index in [4.69, 9.17) is 10.1 Å². The topological polar surface area (TPSA) is 38.0 Å². The largest absolute Gasteiger partial charge is 0.497 e. The lowest BCUT2D eigenvalue weighted by atomic mass is 9.93. The van der Waals surface area contributed by atoms with Crippen LogP contribution >= 0.6 is 11.3 Å². The Balaban J connectivity index is 2.28. The fourth-order valence-electron chi connectivity index (χ4n) is 2.61. The Kier molecular flexibility index (Phi) is 2.74. The van der Waals surface area contributed by atoms with Crippen LogP contribution in [-0.4, -0.2) is 11.7 Å². The molecule has 4 heteroatoms. The van der Waals surface area contributed by atoms with Crippen molar-refractivity contribution >= 4 is 11.3 Å². The van der Waals surface area contributed by atoms with Gasteiger partial charge in [0.05, 0.1) is 12.8 Å². The molecule has 18 heavy (non-hydrogen) atoms. The van der Waals surface area contributed by atoms with Crippen LogP contribution < -0.4 is 9.54 Å². The van der Waals surface area contributed by atoms with Gasteiger partial charge in [-0.15, -0.1) is 11.3 Å². The van der Waals surface area contributed by atoms with Crippen molar-refractivity contribution < 1.29 is 4.74 Å². The second-order valence-electron chi connectivity index (χ2n) is 4.45. The van der Waals surface area contributed by atoms with E-state index in [-0.39, 0.29) is 0 Å². The van der Waals surface area contributed by atoms with E-state index in [2.05, 4.69) is 23.6 Å². The average molecular weight is 260 g/mol. The van der Waals surface area contributed by atoms with Crippen LogP contribution in [0.4, 0.5) is 0 Å². The van der Waals surface area contributed by atoms with Crippen LogP contribution in [0.15, 0.2) is 18.2 Å². The summed E-state index contributed by atoms with van der Waals surface area (Å²) < 4.78 is 7.42. The Morgan fingerprint density at radius 2 is 2.22 bits per heavy atom. The molecule has 0 fully saturated rings. The van der Waals surface area contributed by atoms with E-state index in [0.29, 0.717) is 4.80 Å². The maximum Gasteiger partial charge on any atom is 0.182 e. The Hall–Kier alpha value is -1.55. The molecule has 0 aliphatic heterocycles. The van der Waals surface area contributed by atoms with Crippen molar-refractivity contribution in [2.45, 2.75) is 26.3 Å². The van der Waals surface area contributed by atoms with Gasteiger partial charge in [-0.3, -0.25) is 5.41 Å². The minimum Gasteiger partial charge on any atom is -0.497 e. The number of aromatic nitrogens is 1. The van der Waals surface area contributed by atoms with Crippen molar-refractivity contribution in [2.75, 3.05) is 7.11 Å². The highest BCUT2D eigenvalue weighted by molar-refractivity contribution is 7.09. The molecule has 1 aliphatic carbocycles. The van der Waals surface area contributed by atoms with Gasteiger partial charge >= 0.3 is 0 Å². The molecule has 1 aromatic heterocycles. The second kappa shape index (κ2) is 4.28. The summed E-state index contributed by atoms with van der Waals surface area (Å²) >= 11 is 1.61. The number of rotatable bonds is 2. The summed E-state index contributed by atoms with van der Waals surface area (Å²) in [5.41, 5.74) is 3.84. The smallest absolute Gasteiger partial charge is 0.182 e. The van der Waals surface area contributed by atoms with Gasteiger partial charge in [0.25, 0.3) is 0 Å². The summed E-state index contributed by atoms with van der Waals surface area (Å²) in [6.07, 6.45) is 2.12. The molecule has 0 unspecified atom stereocenters. The van der Waals surface area contributed by atoms with Crippen LogP contribution in [0, 0.1) is 5.41 Å². The first kappa shape index (κ1) is 11.5. The molecule has 1 N–H and O–H groups in total. The zero-order chi connectivity index (χ0) is 12.7. The maximum atomic E-state index is 8.06. The maximum absolute atomic E-state index is 8.06. The zero-order valence-electron chi connectivity index (χ0n) is 10.6. The number of thiazole rings is 1. The van der Waals surface area contributed by atoms with Crippen LogP contribution in [0.25, 0.3) is 11.3 Å². The van der Waals surface area contributed by atoms with Crippen molar-refractivity contribution in [3.05, 3.63) is 33.4 Å². The molecule has 1 aromatic carbocycles. The van der Waals surface area contributed by atoms with Crippen molar-refractivity contribution in [1.82, 2.24) is 4.57 Å². The molecule has 0 atom stereocenters. The number of fused-ring (bicyclic) bond motifs is 3. The predicted molar refractivity (Wildman–Crippen MR) is 73.2 cm³/mol. The van der Waals surface area contributed by atoms with Crippen molar-refractivity contribution in [1.29, 1.82) is 5.41 Å². The molecule has 3 nitrogen and oxygen atoms in total. The van der Waals surface area contributed by atoms with Crippen LogP contribution in [-0.2, 0) is 19.4 Å². The first-order valence-corrected chi connectivity index (χ1v) is 7.00. The SMILES string of the molecule is CCn1c2c(sc1=N)CCc1ccc(OC)cc1-2. The van der Waals surface area contributed by atoms with E-state index >= 15 is 0 Å². The summed E-state index contributed by atoms with van der Waals surface area (Å²) in [6, 6.07) is 6.28. The quantitative estimate of drug-likeness (QED) is 0.886. The molecular formula is C14H16N2OS. The molecule has 3 rings (SSSR count). The van der Waals surface area contributed by atoms with E-state index < -0.39 is 0 Å². The Bertz CT molecular complexity index is 654. The fraction of sp³-hybridized carbons (Fsp3) is 0.357. The monoisotopic (exact) mass is 260 g/mol. The molecule has 94 valence electrons. The minimum atomic E-state index is 0.651. The van der Waals surface area contributed by atoms with Crippen LogP contribution in [0.1, 0.15) is 17.4 Å². The molecule has 0 amide bonds. The standard InChI is InChI=1S/C14H16N2OS/c1-3-16-13-11-8-10(17-2)6-4-9(11)5-7-12(13)18-14(16)15/h4,6,8,15H,3,5,7H2,1-2H3. The fourth-order valence-corrected chi connectivity index (χ4v) is 3.69. The number of aryl methyl sites for hydroxylation is 2. The van der Waals surface area contributed by atoms with Crippen molar-refractivity contribution in [3.8, 4) is 17.0 Å². The number of ether oxygens (including phenoxy) is 1. The van der Waals surface area contributed by atoms with Gasteiger partial charge < -0.3 is 9.30 Å². The predicted octanol–water partition coefficient (Wildman–Crippen LogP) is 2.82. The van der Waals surface area contributed by atoms with Gasteiger partial charge in [-0.2, -0.15) is 0 Å². The van der Waals surface area contributed by atoms with E-state index in [9.17, 15) is 0 Å². The highest BCUT2D eigenvalue weighted by Crippen LogP contribution is 2.36. The minimum absolute atomic E-state index is 0.651. The molecular weight excluding hydrogens is 244 g/mol. The lowest BCUT2D eigenvalue weighted by molar-refractivity contribution is 0.414. The van der Waals surface area contributed by atoms with E-state index in [0.717, 1.165) is 25.1 Å². The molecule has 1 aliphatic rings. The van der Waals surface area contributed by atoms with E-state index in [1.165, 1.54) is 21.7 Å². The van der Waals surface area contributed by atoms with Crippen LogP contribution in [0.3, 0.4) is 0 Å². The molecule has 0 bridgehead atoms. The number of hydrogen-bond acceptors (Lipinski definition) is 3. The lowest BCUT2D eigenvalue weighted by Gasteiger charge is -2.19. The first-order valence-electron chi connectivity index (χ1n) is 6.19. The molecule has 0 spiro atoms. The van der Waals surface area contributed by atoms with Crippen LogP contribution in [0.5, 0.6) is 5.75 Å². The summed E-state index contributed by atoms with van der Waals surface area (Å²) in [7, 11) is 1.70. The molecule has 2 aromatic rings. The number of benzene rings is 1.